The van der Waals surface area contributed by atoms with Crippen LogP contribution in [0.3, 0.4) is 0 Å². The topological polar surface area (TPSA) is 51.7 Å². The van der Waals surface area contributed by atoms with Gasteiger partial charge in [-0.25, -0.2) is 0 Å². The number of aryl methyl sites for hydroxylation is 2. The number of nitrogens with zero attached hydrogens (tertiary/aromatic N) is 2. The minimum Gasteiger partial charge on any atom is -0.487 e. The second kappa shape index (κ2) is 8.14. The van der Waals surface area contributed by atoms with E-state index in [2.05, 4.69) is 49.4 Å². The Kier molecular flexibility index (Phi) is 5.10. The Morgan fingerprint density at radius 1 is 1.09 bits per heavy atom. The van der Waals surface area contributed by atoms with Gasteiger partial charge in [-0.15, -0.1) is 0 Å². The van der Waals surface area contributed by atoms with Crippen molar-refractivity contribution in [2.75, 3.05) is 19.7 Å². The number of hydrogen-bond acceptors (Lipinski definition) is 4. The maximum absolute atomic E-state index is 12.7. The zero-order chi connectivity index (χ0) is 22.4. The number of rotatable bonds is 2. The van der Waals surface area contributed by atoms with Gasteiger partial charge in [0, 0.05) is 49.7 Å². The Morgan fingerprint density at radius 2 is 1.97 bits per heavy atom. The second-order valence-corrected chi connectivity index (χ2v) is 9.81. The molecule has 6 rings (SSSR count). The van der Waals surface area contributed by atoms with E-state index in [0.29, 0.717) is 6.61 Å². The number of pyridine rings is 1. The number of ether oxygens (including phenoxy) is 2. The summed E-state index contributed by atoms with van der Waals surface area (Å²) in [5.74, 6) is 1.16. The molecule has 0 N–H and O–H groups in total. The number of hydrogen-bond donors (Lipinski definition) is 0. The van der Waals surface area contributed by atoms with Gasteiger partial charge in [0.25, 0.3) is 5.91 Å². The van der Waals surface area contributed by atoms with Crippen molar-refractivity contribution in [3.63, 3.8) is 0 Å². The van der Waals surface area contributed by atoms with Gasteiger partial charge in [0.2, 0.25) is 0 Å². The van der Waals surface area contributed by atoms with E-state index in [0.717, 1.165) is 68.4 Å². The molecule has 1 amide bonds. The predicted molar refractivity (Wildman–Crippen MR) is 128 cm³/mol. The molecule has 0 radical (unpaired) electrons. The molecule has 5 heteroatoms. The number of fused-ring (bicyclic) bond motifs is 2. The highest BCUT2D eigenvalue weighted by molar-refractivity contribution is 5.86. The maximum atomic E-state index is 12.7. The fourth-order valence-electron chi connectivity index (χ4n) is 5.63. The quantitative estimate of drug-likeness (QED) is 0.556. The molecular weight excluding hydrogens is 412 g/mol. The van der Waals surface area contributed by atoms with Gasteiger partial charge >= 0.3 is 0 Å². The number of aromatic nitrogens is 1. The number of likely N-dealkylation sites (tertiary alicyclic amines) is 1. The van der Waals surface area contributed by atoms with Crippen molar-refractivity contribution in [1.29, 1.82) is 0 Å². The smallest absolute Gasteiger partial charge is 0.251 e. The van der Waals surface area contributed by atoms with Crippen molar-refractivity contribution in [2.45, 2.75) is 57.2 Å². The first-order valence-corrected chi connectivity index (χ1v) is 12.2. The summed E-state index contributed by atoms with van der Waals surface area (Å²) in [5, 5.41) is 1.17. The van der Waals surface area contributed by atoms with E-state index in [1.54, 1.807) is 0 Å². The fraction of sp³-hybridized carbons (Fsp3) is 0.429. The second-order valence-electron chi connectivity index (χ2n) is 9.81. The highest BCUT2D eigenvalue weighted by atomic mass is 16.5. The van der Waals surface area contributed by atoms with Crippen molar-refractivity contribution >= 4 is 16.8 Å². The van der Waals surface area contributed by atoms with Gasteiger partial charge in [-0.3, -0.25) is 9.78 Å². The molecule has 1 unspecified atom stereocenters. The number of benzene rings is 2. The van der Waals surface area contributed by atoms with Crippen LogP contribution in [-0.4, -0.2) is 47.2 Å². The Labute approximate surface area is 194 Å². The largest absolute Gasteiger partial charge is 0.487 e. The summed E-state index contributed by atoms with van der Waals surface area (Å²) in [6.45, 7) is 4.33. The summed E-state index contributed by atoms with van der Waals surface area (Å²) in [4.78, 5) is 19.4. The van der Waals surface area contributed by atoms with E-state index in [-0.39, 0.29) is 17.6 Å². The van der Waals surface area contributed by atoms with Gasteiger partial charge in [0.1, 0.15) is 17.5 Å². The molecule has 5 nitrogen and oxygen atoms in total. The number of carbonyl (C=O) groups excluding carboxylic acids is 1. The van der Waals surface area contributed by atoms with Crippen molar-refractivity contribution in [3.8, 4) is 16.9 Å². The van der Waals surface area contributed by atoms with Crippen LogP contribution in [0.4, 0.5) is 0 Å². The highest BCUT2D eigenvalue weighted by Crippen LogP contribution is 2.41. The van der Waals surface area contributed by atoms with Crippen LogP contribution in [0.2, 0.25) is 0 Å². The first kappa shape index (κ1) is 20.7. The van der Waals surface area contributed by atoms with Crippen LogP contribution in [0, 0.1) is 6.92 Å². The third-order valence-electron chi connectivity index (χ3n) is 7.67. The van der Waals surface area contributed by atoms with Crippen molar-refractivity contribution in [2.24, 2.45) is 0 Å². The summed E-state index contributed by atoms with van der Waals surface area (Å²) in [6, 6.07) is 15.1. The normalized spacial score (nSPS) is 21.7. The summed E-state index contributed by atoms with van der Waals surface area (Å²) >= 11 is 0. The summed E-state index contributed by atoms with van der Waals surface area (Å²) in [6.07, 6.45) is 7.39. The minimum absolute atomic E-state index is 0.149. The van der Waals surface area contributed by atoms with Crippen LogP contribution in [0.25, 0.3) is 22.0 Å². The molecule has 170 valence electrons. The van der Waals surface area contributed by atoms with Crippen LogP contribution in [0.1, 0.15) is 43.2 Å². The molecule has 0 bridgehead atoms. The third kappa shape index (κ3) is 3.78. The molecule has 1 spiro atoms. The first-order chi connectivity index (χ1) is 16.1. The lowest BCUT2D eigenvalue weighted by atomic mass is 9.82. The van der Waals surface area contributed by atoms with E-state index in [1.807, 2.05) is 11.1 Å². The predicted octanol–water partition coefficient (Wildman–Crippen LogP) is 5.08. The number of piperidine rings is 1. The lowest BCUT2D eigenvalue weighted by Crippen LogP contribution is -2.52. The highest BCUT2D eigenvalue weighted by Gasteiger charge is 2.41. The van der Waals surface area contributed by atoms with E-state index in [4.69, 9.17) is 14.5 Å². The van der Waals surface area contributed by atoms with E-state index in [1.165, 1.54) is 22.1 Å². The number of amides is 1. The van der Waals surface area contributed by atoms with Crippen molar-refractivity contribution in [1.82, 2.24) is 9.88 Å². The fourth-order valence-corrected chi connectivity index (χ4v) is 5.63. The lowest BCUT2D eigenvalue weighted by molar-refractivity contribution is -0.144. The average Bonchev–Trinajstić information content (AvgIpc) is 3.39. The van der Waals surface area contributed by atoms with Crippen LogP contribution in [0.5, 0.6) is 5.75 Å². The minimum atomic E-state index is -0.223. The SMILES string of the molecule is Cc1cccc2cc(-c3ccc4c(c3)CCC3(CCN(C(=O)C5CCCO5)CC3)O4)cnc12. The molecule has 33 heavy (non-hydrogen) atoms. The average molecular weight is 443 g/mol. The Bertz CT molecular complexity index is 1210. The summed E-state index contributed by atoms with van der Waals surface area (Å²) < 4.78 is 12.2. The molecule has 1 aromatic heterocycles. The molecule has 1 atom stereocenters. The van der Waals surface area contributed by atoms with Gasteiger partial charge in [0.15, 0.2) is 0 Å². The molecule has 0 aliphatic carbocycles. The molecule has 3 aromatic rings. The molecule has 0 saturated carbocycles. The first-order valence-electron chi connectivity index (χ1n) is 12.2. The monoisotopic (exact) mass is 442 g/mol. The number of para-hydroxylation sites is 1. The zero-order valence-corrected chi connectivity index (χ0v) is 19.2. The van der Waals surface area contributed by atoms with Gasteiger partial charge in [-0.05, 0) is 67.5 Å². The zero-order valence-electron chi connectivity index (χ0n) is 19.2. The number of carbonyl (C=O) groups is 1. The molecule has 3 aliphatic rings. The molecule has 2 saturated heterocycles. The molecule has 3 aliphatic heterocycles. The molecule has 2 fully saturated rings. The van der Waals surface area contributed by atoms with Gasteiger partial charge in [0.05, 0.1) is 5.52 Å². The van der Waals surface area contributed by atoms with Gasteiger partial charge < -0.3 is 14.4 Å². The maximum Gasteiger partial charge on any atom is 0.251 e. The van der Waals surface area contributed by atoms with Gasteiger partial charge in [-0.2, -0.15) is 0 Å². The Morgan fingerprint density at radius 3 is 2.79 bits per heavy atom. The molecular formula is C28H30N2O3. The van der Waals surface area contributed by atoms with Crippen LogP contribution in [0.15, 0.2) is 48.7 Å². The summed E-state index contributed by atoms with van der Waals surface area (Å²) in [5.41, 5.74) is 5.70. The van der Waals surface area contributed by atoms with Gasteiger partial charge in [-0.1, -0.05) is 24.3 Å². The van der Waals surface area contributed by atoms with E-state index < -0.39 is 0 Å². The molecule has 4 heterocycles. The Balaban J connectivity index is 1.17. The van der Waals surface area contributed by atoms with Crippen molar-refractivity contribution in [3.05, 3.63) is 59.8 Å². The molecule has 2 aromatic carbocycles. The van der Waals surface area contributed by atoms with Crippen LogP contribution >= 0.6 is 0 Å². The summed E-state index contributed by atoms with van der Waals surface area (Å²) in [7, 11) is 0. The Hall–Kier alpha value is -2.92. The van der Waals surface area contributed by atoms with Crippen LogP contribution in [-0.2, 0) is 16.0 Å². The lowest BCUT2D eigenvalue weighted by Gasteiger charge is -2.45. The van der Waals surface area contributed by atoms with Crippen LogP contribution < -0.4 is 4.74 Å². The van der Waals surface area contributed by atoms with E-state index in [9.17, 15) is 4.79 Å². The van der Waals surface area contributed by atoms with E-state index >= 15 is 0 Å². The van der Waals surface area contributed by atoms with Crippen molar-refractivity contribution < 1.29 is 14.3 Å². The standard InChI is InChI=1S/C28H30N2O3/c1-19-4-2-5-22-17-23(18-29-26(19)22)20-7-8-24-21(16-20)9-10-28(33-24)11-13-30(14-12-28)27(31)25-6-3-15-32-25/h2,4-5,7-8,16-18,25H,3,6,9-15H2,1H3. The third-order valence-corrected chi connectivity index (χ3v) is 7.67.